The lowest BCUT2D eigenvalue weighted by atomic mass is 10.1. The summed E-state index contributed by atoms with van der Waals surface area (Å²) in [6.07, 6.45) is -2.56. The van der Waals surface area contributed by atoms with Gasteiger partial charge in [-0.1, -0.05) is 0 Å². The Balaban J connectivity index is 1.58. The number of rotatable bonds is 4. The first-order valence-electron chi connectivity index (χ1n) is 10.8. The van der Waals surface area contributed by atoms with Crippen LogP contribution >= 0.6 is 0 Å². The maximum absolute atomic E-state index is 15.2. The van der Waals surface area contributed by atoms with Gasteiger partial charge in [0.25, 0.3) is 5.91 Å². The lowest BCUT2D eigenvalue weighted by molar-refractivity contribution is -0.141. The van der Waals surface area contributed by atoms with Gasteiger partial charge < -0.3 is 5.73 Å². The predicted molar refractivity (Wildman–Crippen MR) is 118 cm³/mol. The number of alkyl halides is 3. The molecule has 2 amide bonds. The van der Waals surface area contributed by atoms with Crippen molar-refractivity contribution in [2.24, 2.45) is 7.05 Å². The molecular weight excluding hydrogens is 484 g/mol. The first-order chi connectivity index (χ1) is 17.0. The molecule has 4 heterocycles. The molecule has 2 N–H and O–H groups in total. The molecule has 0 atom stereocenters. The number of nitrogens with zero attached hydrogens (tertiary/aromatic N) is 7. The van der Waals surface area contributed by atoms with Gasteiger partial charge in [0, 0.05) is 31.5 Å². The minimum Gasteiger partial charge on any atom is -0.383 e. The van der Waals surface area contributed by atoms with Crippen molar-refractivity contribution < 1.29 is 27.2 Å². The highest BCUT2D eigenvalue weighted by atomic mass is 19.4. The van der Waals surface area contributed by atoms with Crippen molar-refractivity contribution >= 4 is 39.4 Å². The Kier molecular flexibility index (Phi) is 5.45. The number of carbonyl (C=O) groups excluding carboxylic acids is 2. The molecule has 0 spiro atoms. The number of hydrogen-bond donors (Lipinski definition) is 1. The molecule has 1 fully saturated rings. The molecule has 0 bridgehead atoms. The Morgan fingerprint density at radius 1 is 1.19 bits per heavy atom. The molecule has 14 heteroatoms. The topological polar surface area (TPSA) is 123 Å². The number of carbonyl (C=O) groups is 2. The average molecular weight is 502 g/mol. The van der Waals surface area contributed by atoms with Crippen molar-refractivity contribution in [3.05, 3.63) is 53.2 Å². The van der Waals surface area contributed by atoms with Crippen LogP contribution in [0.25, 0.3) is 21.8 Å². The van der Waals surface area contributed by atoms with E-state index >= 15 is 4.39 Å². The highest BCUT2D eigenvalue weighted by Crippen LogP contribution is 2.31. The van der Waals surface area contributed by atoms with Gasteiger partial charge in [-0.3, -0.25) is 19.3 Å². The standard InChI is InChI=1S/C22H18F4N8O2/c1-32-19-13-7-12(15(23)8-16(13)29-20(27)14(19)9-28-32)21(36)34(33-6-2-3-18(33)35)10-11-4-5-17(31-30-11)22(24,25)26/h4-5,7-9H,2-3,6,10H2,1H3,(H2,27,29). The molecule has 0 radical (unpaired) electrons. The number of fused-ring (bicyclic) bond motifs is 3. The monoisotopic (exact) mass is 502 g/mol. The summed E-state index contributed by atoms with van der Waals surface area (Å²) in [6.45, 7) is -0.216. The lowest BCUT2D eigenvalue weighted by Gasteiger charge is -2.31. The summed E-state index contributed by atoms with van der Waals surface area (Å²) in [5.74, 6) is -2.02. The van der Waals surface area contributed by atoms with Crippen molar-refractivity contribution in [3.63, 3.8) is 0 Å². The number of aryl methyl sites for hydroxylation is 1. The van der Waals surface area contributed by atoms with E-state index in [1.54, 1.807) is 7.05 Å². The van der Waals surface area contributed by atoms with Gasteiger partial charge in [-0.05, 0) is 24.6 Å². The first kappa shape index (κ1) is 23.4. The summed E-state index contributed by atoms with van der Waals surface area (Å²) in [6, 6.07) is 4.14. The molecule has 1 aliphatic heterocycles. The second kappa shape index (κ2) is 8.39. The number of hydrogen-bond acceptors (Lipinski definition) is 7. The summed E-state index contributed by atoms with van der Waals surface area (Å²) in [7, 11) is 1.66. The summed E-state index contributed by atoms with van der Waals surface area (Å²) in [5.41, 5.74) is 5.12. The number of nitrogen functional groups attached to an aromatic ring is 1. The number of aromatic nitrogens is 5. The third-order valence-electron chi connectivity index (χ3n) is 5.92. The molecule has 10 nitrogen and oxygen atoms in total. The Labute approximate surface area is 200 Å². The molecule has 4 aromatic rings. The smallest absolute Gasteiger partial charge is 0.383 e. The van der Waals surface area contributed by atoms with Gasteiger partial charge in [0.15, 0.2) is 5.69 Å². The van der Waals surface area contributed by atoms with E-state index in [4.69, 9.17) is 5.73 Å². The van der Waals surface area contributed by atoms with Gasteiger partial charge >= 0.3 is 6.18 Å². The summed E-state index contributed by atoms with van der Waals surface area (Å²) in [4.78, 5) is 30.3. The number of hydrazine groups is 1. The third-order valence-corrected chi connectivity index (χ3v) is 5.92. The van der Waals surface area contributed by atoms with E-state index in [1.165, 1.54) is 16.9 Å². The zero-order valence-electron chi connectivity index (χ0n) is 18.8. The largest absolute Gasteiger partial charge is 0.435 e. The van der Waals surface area contributed by atoms with Crippen LogP contribution in [0.4, 0.5) is 23.4 Å². The fourth-order valence-electron chi connectivity index (χ4n) is 4.19. The van der Waals surface area contributed by atoms with Gasteiger partial charge in [0.2, 0.25) is 5.91 Å². The Bertz CT molecular complexity index is 1520. The van der Waals surface area contributed by atoms with E-state index in [-0.39, 0.29) is 41.5 Å². The van der Waals surface area contributed by atoms with Crippen molar-refractivity contribution in [1.82, 2.24) is 35.0 Å². The Morgan fingerprint density at radius 3 is 2.61 bits per heavy atom. The van der Waals surface area contributed by atoms with Gasteiger partial charge in [-0.15, -0.1) is 5.10 Å². The fraction of sp³-hybridized carbons (Fsp3) is 0.273. The van der Waals surface area contributed by atoms with Crippen molar-refractivity contribution in [3.8, 4) is 0 Å². The fourth-order valence-corrected chi connectivity index (χ4v) is 4.19. The molecule has 0 unspecified atom stereocenters. The highest BCUT2D eigenvalue weighted by molar-refractivity contribution is 6.10. The second-order valence-electron chi connectivity index (χ2n) is 8.27. The predicted octanol–water partition coefficient (Wildman–Crippen LogP) is 2.83. The van der Waals surface area contributed by atoms with Crippen LogP contribution in [0.3, 0.4) is 0 Å². The van der Waals surface area contributed by atoms with Crippen LogP contribution in [-0.2, 0) is 24.6 Å². The Morgan fingerprint density at radius 2 is 1.97 bits per heavy atom. The molecule has 0 aliphatic carbocycles. The van der Waals surface area contributed by atoms with Crippen LogP contribution in [0.2, 0.25) is 0 Å². The van der Waals surface area contributed by atoms with Gasteiger partial charge in [-0.2, -0.15) is 23.4 Å². The lowest BCUT2D eigenvalue weighted by Crippen LogP contribution is -2.47. The van der Waals surface area contributed by atoms with Gasteiger partial charge in [0.1, 0.15) is 11.6 Å². The maximum Gasteiger partial charge on any atom is 0.435 e. The number of halogens is 4. The minimum absolute atomic E-state index is 0.0132. The van der Waals surface area contributed by atoms with Gasteiger partial charge in [0.05, 0.1) is 40.4 Å². The van der Waals surface area contributed by atoms with Crippen molar-refractivity contribution in [2.45, 2.75) is 25.6 Å². The van der Waals surface area contributed by atoms with Crippen LogP contribution in [0.1, 0.15) is 34.6 Å². The molecule has 36 heavy (non-hydrogen) atoms. The van der Waals surface area contributed by atoms with Crippen LogP contribution in [0.5, 0.6) is 0 Å². The molecule has 1 saturated heterocycles. The quantitative estimate of drug-likeness (QED) is 0.426. The van der Waals surface area contributed by atoms with Gasteiger partial charge in [-0.25, -0.2) is 14.4 Å². The highest BCUT2D eigenvalue weighted by Gasteiger charge is 2.35. The van der Waals surface area contributed by atoms with Crippen molar-refractivity contribution in [2.75, 3.05) is 12.3 Å². The number of benzene rings is 1. The first-order valence-corrected chi connectivity index (χ1v) is 10.8. The van der Waals surface area contributed by atoms with E-state index in [0.717, 1.165) is 28.2 Å². The van der Waals surface area contributed by atoms with E-state index in [0.29, 0.717) is 22.7 Å². The van der Waals surface area contributed by atoms with Crippen LogP contribution in [0.15, 0.2) is 30.5 Å². The van der Waals surface area contributed by atoms with Crippen LogP contribution in [0, 0.1) is 5.82 Å². The maximum atomic E-state index is 15.2. The molecular formula is C22H18F4N8O2. The normalized spacial score (nSPS) is 14.2. The van der Waals surface area contributed by atoms with E-state index in [1.807, 2.05) is 0 Å². The summed E-state index contributed by atoms with van der Waals surface area (Å²) >= 11 is 0. The third kappa shape index (κ3) is 3.93. The second-order valence-corrected chi connectivity index (χ2v) is 8.27. The summed E-state index contributed by atoms with van der Waals surface area (Å²) < 4.78 is 55.3. The number of pyridine rings is 1. The SMILES string of the molecule is Cn1ncc2c(N)nc3cc(F)c(C(=O)N(Cc4ccc(C(F)(F)F)nn4)N4CCCC4=O)cc3c21. The molecule has 0 saturated carbocycles. The van der Waals surface area contributed by atoms with Crippen LogP contribution in [-0.4, -0.2) is 53.3 Å². The van der Waals surface area contributed by atoms with Crippen molar-refractivity contribution in [1.29, 1.82) is 0 Å². The number of anilines is 1. The van der Waals surface area contributed by atoms with E-state index in [2.05, 4.69) is 20.3 Å². The number of amides is 2. The summed E-state index contributed by atoms with van der Waals surface area (Å²) in [5, 5.41) is 13.9. The molecule has 1 aromatic carbocycles. The molecule has 186 valence electrons. The van der Waals surface area contributed by atoms with E-state index in [9.17, 15) is 22.8 Å². The zero-order chi connectivity index (χ0) is 25.8. The molecule has 1 aliphatic rings. The molecule has 3 aromatic heterocycles. The van der Waals surface area contributed by atoms with E-state index < -0.39 is 30.1 Å². The zero-order valence-corrected chi connectivity index (χ0v) is 18.8. The minimum atomic E-state index is -4.69. The average Bonchev–Trinajstić information content (AvgIpc) is 3.42. The molecule has 5 rings (SSSR count). The Hall–Kier alpha value is -4.36. The van der Waals surface area contributed by atoms with Crippen LogP contribution < -0.4 is 5.73 Å². The number of nitrogens with two attached hydrogens (primary N) is 1.